The highest BCUT2D eigenvalue weighted by Gasteiger charge is 2.24. The maximum Gasteiger partial charge on any atom is 0.255 e. The Morgan fingerprint density at radius 2 is 1.35 bits per heavy atom. The monoisotopic (exact) mass is 519 g/mol. The van der Waals surface area contributed by atoms with Crippen molar-refractivity contribution in [3.05, 3.63) is 88.9 Å². The second kappa shape index (κ2) is 11.1. The van der Waals surface area contributed by atoms with Gasteiger partial charge in [-0.05, 0) is 57.7 Å². The lowest BCUT2D eigenvalue weighted by Gasteiger charge is -2.22. The minimum Gasteiger partial charge on any atom is -0.340 e. The standard InChI is InChI=1S/C27H26BrN3O3/c28-24-10-5-4-9-23(24)27(34)31-16-6-15-30(17-18-31)26(33)19-25(32)29-22-13-11-21(12-14-22)20-7-2-1-3-8-20/h1-5,7-14H,6,15-19H2,(H,29,32). The summed E-state index contributed by atoms with van der Waals surface area (Å²) in [5, 5.41) is 2.80. The van der Waals surface area contributed by atoms with Crippen molar-refractivity contribution in [1.29, 1.82) is 0 Å². The summed E-state index contributed by atoms with van der Waals surface area (Å²) in [5.41, 5.74) is 3.42. The number of nitrogens with zero attached hydrogens (tertiary/aromatic N) is 2. The minimum atomic E-state index is -0.345. The Bertz CT molecular complexity index is 1170. The van der Waals surface area contributed by atoms with Crippen LogP contribution in [0.5, 0.6) is 0 Å². The zero-order chi connectivity index (χ0) is 23.9. The second-order valence-electron chi connectivity index (χ2n) is 8.17. The first kappa shape index (κ1) is 23.7. The summed E-state index contributed by atoms with van der Waals surface area (Å²) in [6.07, 6.45) is 0.448. The smallest absolute Gasteiger partial charge is 0.255 e. The number of carbonyl (C=O) groups is 3. The number of benzene rings is 3. The molecule has 174 valence electrons. The van der Waals surface area contributed by atoms with Crippen molar-refractivity contribution in [2.75, 3.05) is 31.5 Å². The number of carbonyl (C=O) groups excluding carboxylic acids is 3. The summed E-state index contributed by atoms with van der Waals surface area (Å²) in [5.74, 6) is -0.630. The van der Waals surface area contributed by atoms with Crippen LogP contribution in [-0.2, 0) is 9.59 Å². The van der Waals surface area contributed by atoms with Gasteiger partial charge in [0.05, 0.1) is 5.56 Å². The summed E-state index contributed by atoms with van der Waals surface area (Å²) in [6.45, 7) is 1.95. The molecule has 0 atom stereocenters. The highest BCUT2D eigenvalue weighted by Crippen LogP contribution is 2.21. The number of hydrogen-bond donors (Lipinski definition) is 1. The maximum absolute atomic E-state index is 12.9. The molecule has 3 amide bonds. The molecule has 34 heavy (non-hydrogen) atoms. The predicted molar refractivity (Wildman–Crippen MR) is 136 cm³/mol. The average molecular weight is 520 g/mol. The Labute approximate surface area is 207 Å². The maximum atomic E-state index is 12.9. The van der Waals surface area contributed by atoms with E-state index in [1.54, 1.807) is 15.9 Å². The van der Waals surface area contributed by atoms with E-state index in [1.807, 2.05) is 72.8 Å². The largest absolute Gasteiger partial charge is 0.340 e. The van der Waals surface area contributed by atoms with Gasteiger partial charge in [0.15, 0.2) is 0 Å². The average Bonchev–Trinajstić information content (AvgIpc) is 3.11. The number of amides is 3. The van der Waals surface area contributed by atoms with Crippen molar-refractivity contribution in [2.24, 2.45) is 0 Å². The van der Waals surface area contributed by atoms with Crippen LogP contribution in [0.3, 0.4) is 0 Å². The van der Waals surface area contributed by atoms with Gasteiger partial charge < -0.3 is 15.1 Å². The molecule has 1 fully saturated rings. The topological polar surface area (TPSA) is 69.7 Å². The molecule has 0 spiro atoms. The Balaban J connectivity index is 1.29. The minimum absolute atomic E-state index is 0.0570. The lowest BCUT2D eigenvalue weighted by atomic mass is 10.1. The van der Waals surface area contributed by atoms with Crippen LogP contribution in [0.1, 0.15) is 23.2 Å². The van der Waals surface area contributed by atoms with E-state index in [0.29, 0.717) is 43.9 Å². The zero-order valence-corrected chi connectivity index (χ0v) is 20.3. The Kier molecular flexibility index (Phi) is 7.75. The van der Waals surface area contributed by atoms with Gasteiger partial charge in [0, 0.05) is 36.3 Å². The summed E-state index contributed by atoms with van der Waals surface area (Å²) in [6, 6.07) is 24.9. The van der Waals surface area contributed by atoms with Crippen molar-refractivity contribution in [3.63, 3.8) is 0 Å². The zero-order valence-electron chi connectivity index (χ0n) is 18.7. The fraction of sp³-hybridized carbons (Fsp3) is 0.222. The van der Waals surface area contributed by atoms with Crippen molar-refractivity contribution in [2.45, 2.75) is 12.8 Å². The van der Waals surface area contributed by atoms with Crippen LogP contribution in [0.15, 0.2) is 83.3 Å². The molecule has 3 aromatic carbocycles. The van der Waals surface area contributed by atoms with Crippen LogP contribution in [-0.4, -0.2) is 53.7 Å². The van der Waals surface area contributed by atoms with Gasteiger partial charge in [-0.3, -0.25) is 14.4 Å². The van der Waals surface area contributed by atoms with Crippen LogP contribution < -0.4 is 5.32 Å². The first-order chi connectivity index (χ1) is 16.5. The lowest BCUT2D eigenvalue weighted by molar-refractivity contribution is -0.134. The molecular formula is C27H26BrN3O3. The predicted octanol–water partition coefficient (Wildman–Crippen LogP) is 4.82. The molecule has 1 heterocycles. The van der Waals surface area contributed by atoms with Crippen LogP contribution in [0.25, 0.3) is 11.1 Å². The van der Waals surface area contributed by atoms with Crippen LogP contribution in [0, 0.1) is 0 Å². The highest BCUT2D eigenvalue weighted by atomic mass is 79.9. The highest BCUT2D eigenvalue weighted by molar-refractivity contribution is 9.10. The van der Waals surface area contributed by atoms with Crippen LogP contribution in [0.4, 0.5) is 5.69 Å². The summed E-state index contributed by atoms with van der Waals surface area (Å²) in [7, 11) is 0. The van der Waals surface area contributed by atoms with E-state index in [4.69, 9.17) is 0 Å². The number of hydrogen-bond acceptors (Lipinski definition) is 3. The van der Waals surface area contributed by atoms with Gasteiger partial charge in [0.1, 0.15) is 6.42 Å². The Morgan fingerprint density at radius 3 is 2.09 bits per heavy atom. The molecule has 0 aromatic heterocycles. The molecule has 3 aromatic rings. The Morgan fingerprint density at radius 1 is 0.735 bits per heavy atom. The number of rotatable bonds is 5. The van der Waals surface area contributed by atoms with E-state index in [1.165, 1.54) is 0 Å². The summed E-state index contributed by atoms with van der Waals surface area (Å²) < 4.78 is 0.755. The number of anilines is 1. The van der Waals surface area contributed by atoms with Gasteiger partial charge in [-0.15, -0.1) is 0 Å². The van der Waals surface area contributed by atoms with Crippen molar-refractivity contribution >= 4 is 39.3 Å². The molecule has 1 N–H and O–H groups in total. The molecule has 0 bridgehead atoms. The summed E-state index contributed by atoms with van der Waals surface area (Å²) in [4.78, 5) is 41.5. The molecule has 7 heteroatoms. The van der Waals surface area contributed by atoms with Crippen molar-refractivity contribution < 1.29 is 14.4 Å². The third-order valence-electron chi connectivity index (χ3n) is 5.83. The van der Waals surface area contributed by atoms with Gasteiger partial charge in [-0.1, -0.05) is 54.6 Å². The molecular weight excluding hydrogens is 494 g/mol. The van der Waals surface area contributed by atoms with E-state index >= 15 is 0 Å². The van der Waals surface area contributed by atoms with E-state index in [-0.39, 0.29) is 24.1 Å². The molecule has 0 aliphatic carbocycles. The fourth-order valence-corrected chi connectivity index (χ4v) is 4.46. The van der Waals surface area contributed by atoms with E-state index in [9.17, 15) is 14.4 Å². The SMILES string of the molecule is O=C(CC(=O)N1CCCN(C(=O)c2ccccc2Br)CC1)Nc1ccc(-c2ccccc2)cc1. The lowest BCUT2D eigenvalue weighted by Crippen LogP contribution is -2.38. The molecule has 1 aliphatic heterocycles. The first-order valence-corrected chi connectivity index (χ1v) is 12.1. The molecule has 0 unspecified atom stereocenters. The number of halogens is 1. The quantitative estimate of drug-likeness (QED) is 0.491. The third-order valence-corrected chi connectivity index (χ3v) is 6.52. The van der Waals surface area contributed by atoms with E-state index in [0.717, 1.165) is 15.6 Å². The molecule has 0 radical (unpaired) electrons. The van der Waals surface area contributed by atoms with Gasteiger partial charge in [-0.25, -0.2) is 0 Å². The van der Waals surface area contributed by atoms with E-state index < -0.39 is 0 Å². The normalized spacial score (nSPS) is 13.8. The fourth-order valence-electron chi connectivity index (χ4n) is 4.01. The molecule has 6 nitrogen and oxygen atoms in total. The Hall–Kier alpha value is -3.45. The van der Waals surface area contributed by atoms with E-state index in [2.05, 4.69) is 21.2 Å². The molecule has 0 saturated carbocycles. The number of nitrogens with one attached hydrogen (secondary N) is 1. The molecule has 1 aliphatic rings. The molecule has 4 rings (SSSR count). The second-order valence-corrected chi connectivity index (χ2v) is 9.03. The van der Waals surface area contributed by atoms with Crippen LogP contribution in [0.2, 0.25) is 0 Å². The molecule has 1 saturated heterocycles. The van der Waals surface area contributed by atoms with Gasteiger partial charge in [0.2, 0.25) is 11.8 Å². The van der Waals surface area contributed by atoms with Gasteiger partial charge >= 0.3 is 0 Å². The van der Waals surface area contributed by atoms with Crippen molar-refractivity contribution in [1.82, 2.24) is 9.80 Å². The van der Waals surface area contributed by atoms with Gasteiger partial charge in [0.25, 0.3) is 5.91 Å². The summed E-state index contributed by atoms with van der Waals surface area (Å²) >= 11 is 3.43. The van der Waals surface area contributed by atoms with Crippen LogP contribution >= 0.6 is 15.9 Å². The first-order valence-electron chi connectivity index (χ1n) is 11.3. The third kappa shape index (κ3) is 5.91. The van der Waals surface area contributed by atoms with Gasteiger partial charge in [-0.2, -0.15) is 0 Å². The van der Waals surface area contributed by atoms with Crippen molar-refractivity contribution in [3.8, 4) is 11.1 Å².